The summed E-state index contributed by atoms with van der Waals surface area (Å²) < 4.78 is 39.8. The number of hydrogen-bond acceptors (Lipinski definition) is 8. The van der Waals surface area contributed by atoms with Crippen LogP contribution in [0, 0.1) is 0 Å². The van der Waals surface area contributed by atoms with Crippen molar-refractivity contribution in [1.82, 2.24) is 18.9 Å². The second kappa shape index (κ2) is 14.5. The van der Waals surface area contributed by atoms with Crippen LogP contribution >= 0.6 is 0 Å². The minimum Gasteiger partial charge on any atom is -0.477 e. The zero-order chi connectivity index (χ0) is 35.3. The SMILES string of the molecule is CC(C)(C)OC(=O)NC(C)(C)C(=O)N1CCC(c2c(Cc3ccccc3)cn(S(=O)(=O)NC(=O)OCc3ccccc3)c2C(=O)O)CC1. The van der Waals surface area contributed by atoms with Gasteiger partial charge in [-0.15, -0.1) is 0 Å². The molecule has 13 nitrogen and oxygen atoms in total. The molecule has 258 valence electrons. The van der Waals surface area contributed by atoms with Crippen LogP contribution in [0.15, 0.2) is 66.9 Å². The molecule has 0 aliphatic carbocycles. The third-order valence-electron chi connectivity index (χ3n) is 7.76. The standard InChI is InChI=1S/C34H42N4O9S/c1-33(2,3)47-31(42)35-34(4,5)30(41)37-18-16-25(17-19-37)27-26(20-23-12-8-6-9-13-23)21-38(28(27)29(39)40)48(44,45)36-32(43)46-22-24-14-10-7-11-15-24/h6-15,21,25H,16-20,22H2,1-5H3,(H,35,42)(H,36,43)(H,39,40). The van der Waals surface area contributed by atoms with E-state index in [1.165, 1.54) is 6.20 Å². The summed E-state index contributed by atoms with van der Waals surface area (Å²) in [4.78, 5) is 52.7. The summed E-state index contributed by atoms with van der Waals surface area (Å²) in [7, 11) is -4.75. The lowest BCUT2D eigenvalue weighted by Gasteiger charge is -2.37. The van der Waals surface area contributed by atoms with Gasteiger partial charge in [-0.3, -0.25) is 4.79 Å². The number of likely N-dealkylation sites (tertiary alicyclic amines) is 1. The third kappa shape index (κ3) is 9.15. The van der Waals surface area contributed by atoms with Crippen molar-refractivity contribution in [2.45, 2.75) is 77.5 Å². The quantitative estimate of drug-likeness (QED) is 0.271. The second-order valence-corrected chi connectivity index (χ2v) is 14.7. The van der Waals surface area contributed by atoms with E-state index in [4.69, 9.17) is 9.47 Å². The highest BCUT2D eigenvalue weighted by atomic mass is 32.2. The number of benzene rings is 2. The number of piperidine rings is 1. The van der Waals surface area contributed by atoms with E-state index in [0.717, 1.165) is 5.56 Å². The van der Waals surface area contributed by atoms with Crippen molar-refractivity contribution in [3.63, 3.8) is 0 Å². The highest BCUT2D eigenvalue weighted by molar-refractivity contribution is 7.88. The maximum atomic E-state index is 13.5. The number of rotatable bonds is 10. The molecule has 0 atom stereocenters. The van der Waals surface area contributed by atoms with E-state index >= 15 is 0 Å². The van der Waals surface area contributed by atoms with Gasteiger partial charge >= 0.3 is 28.4 Å². The van der Waals surface area contributed by atoms with Gasteiger partial charge in [0.1, 0.15) is 23.4 Å². The summed E-state index contributed by atoms with van der Waals surface area (Å²) in [6.45, 7) is 8.58. The van der Waals surface area contributed by atoms with Crippen LogP contribution in [0.4, 0.5) is 9.59 Å². The lowest BCUT2D eigenvalue weighted by molar-refractivity contribution is -0.138. The predicted octanol–water partition coefficient (Wildman–Crippen LogP) is 4.81. The van der Waals surface area contributed by atoms with Gasteiger partial charge in [0.15, 0.2) is 0 Å². The summed E-state index contributed by atoms with van der Waals surface area (Å²) in [5, 5.41) is 13.0. The molecule has 3 aromatic rings. The van der Waals surface area contributed by atoms with Gasteiger partial charge in [-0.2, -0.15) is 8.42 Å². The van der Waals surface area contributed by atoms with Gasteiger partial charge in [0.2, 0.25) is 5.91 Å². The van der Waals surface area contributed by atoms with Crippen molar-refractivity contribution >= 4 is 34.3 Å². The van der Waals surface area contributed by atoms with Gasteiger partial charge in [0.05, 0.1) is 0 Å². The maximum Gasteiger partial charge on any atom is 0.422 e. The summed E-state index contributed by atoms with van der Waals surface area (Å²) in [6, 6.07) is 17.8. The number of aromatic nitrogens is 1. The number of alkyl carbamates (subject to hydrolysis) is 1. The van der Waals surface area contributed by atoms with Crippen LogP contribution in [-0.4, -0.2) is 70.7 Å². The maximum absolute atomic E-state index is 13.5. The molecule has 1 aliphatic heterocycles. The van der Waals surface area contributed by atoms with Gasteiger partial charge in [-0.1, -0.05) is 60.7 Å². The van der Waals surface area contributed by atoms with Crippen LogP contribution in [0.3, 0.4) is 0 Å². The minimum atomic E-state index is -4.75. The molecule has 1 saturated heterocycles. The molecule has 0 saturated carbocycles. The van der Waals surface area contributed by atoms with Gasteiger partial charge in [-0.25, -0.2) is 23.1 Å². The number of aromatic carboxylic acids is 1. The second-order valence-electron chi connectivity index (χ2n) is 13.2. The molecule has 2 aromatic carbocycles. The first-order valence-corrected chi connectivity index (χ1v) is 17.0. The molecule has 4 rings (SSSR count). The predicted molar refractivity (Wildman–Crippen MR) is 177 cm³/mol. The highest BCUT2D eigenvalue weighted by Gasteiger charge is 2.39. The summed E-state index contributed by atoms with van der Waals surface area (Å²) in [6.07, 6.45) is 0.116. The fraction of sp³-hybridized carbons (Fsp3) is 0.412. The molecule has 3 amide bonds. The Balaban J connectivity index is 1.59. The molecule has 3 N–H and O–H groups in total. The van der Waals surface area contributed by atoms with Crippen molar-refractivity contribution in [3.8, 4) is 0 Å². The number of nitrogens with one attached hydrogen (secondary N) is 2. The van der Waals surface area contributed by atoms with Gasteiger partial charge in [0.25, 0.3) is 0 Å². The van der Waals surface area contributed by atoms with Crippen LogP contribution in [0.5, 0.6) is 0 Å². The Morgan fingerprint density at radius 3 is 1.98 bits per heavy atom. The van der Waals surface area contributed by atoms with Crippen molar-refractivity contribution in [1.29, 1.82) is 0 Å². The molecular weight excluding hydrogens is 640 g/mol. The van der Waals surface area contributed by atoms with Gasteiger partial charge < -0.3 is 24.8 Å². The van der Waals surface area contributed by atoms with Gasteiger partial charge in [0, 0.05) is 19.3 Å². The van der Waals surface area contributed by atoms with Crippen LogP contribution in [0.2, 0.25) is 0 Å². The zero-order valence-electron chi connectivity index (χ0n) is 27.7. The minimum absolute atomic E-state index is 0.189. The molecule has 0 unspecified atom stereocenters. The Hall–Kier alpha value is -4.85. The Kier molecular flexibility index (Phi) is 10.9. The number of carboxylic acid groups (broad SMARTS) is 1. The van der Waals surface area contributed by atoms with Crippen molar-refractivity contribution < 1.29 is 42.2 Å². The van der Waals surface area contributed by atoms with Crippen LogP contribution in [-0.2, 0) is 37.5 Å². The van der Waals surface area contributed by atoms with Crippen molar-refractivity contribution in [2.24, 2.45) is 0 Å². The number of carbonyl (C=O) groups is 4. The smallest absolute Gasteiger partial charge is 0.422 e. The zero-order valence-corrected chi connectivity index (χ0v) is 28.5. The van der Waals surface area contributed by atoms with E-state index in [9.17, 15) is 32.7 Å². The van der Waals surface area contributed by atoms with E-state index in [-0.39, 0.29) is 32.0 Å². The average Bonchev–Trinajstić information content (AvgIpc) is 3.40. The van der Waals surface area contributed by atoms with Crippen molar-refractivity contribution in [3.05, 3.63) is 94.8 Å². The first-order chi connectivity index (χ1) is 22.5. The molecule has 1 fully saturated rings. The monoisotopic (exact) mass is 682 g/mol. The van der Waals surface area contributed by atoms with E-state index in [0.29, 0.717) is 33.5 Å². The fourth-order valence-electron chi connectivity index (χ4n) is 5.64. The molecule has 1 aliphatic rings. The number of nitrogens with zero attached hydrogens (tertiary/aromatic N) is 2. The first-order valence-electron chi connectivity index (χ1n) is 15.5. The number of amides is 3. The molecule has 0 radical (unpaired) electrons. The summed E-state index contributed by atoms with van der Waals surface area (Å²) in [5.41, 5.74) is -0.297. The highest BCUT2D eigenvalue weighted by Crippen LogP contribution is 2.36. The topological polar surface area (TPSA) is 173 Å². The Labute approximate surface area is 280 Å². The molecule has 0 spiro atoms. The molecule has 1 aromatic heterocycles. The third-order valence-corrected chi connectivity index (χ3v) is 8.99. The normalized spacial score (nSPS) is 14.2. The van der Waals surface area contributed by atoms with E-state index in [1.807, 2.05) is 35.1 Å². The van der Waals surface area contributed by atoms with E-state index < -0.39 is 51.1 Å². The first kappa shape index (κ1) is 36.0. The molecular formula is C34H42N4O9S. The van der Waals surface area contributed by atoms with Crippen molar-refractivity contribution in [2.75, 3.05) is 13.1 Å². The van der Waals surface area contributed by atoms with E-state index in [1.54, 1.807) is 69.9 Å². The fourth-order valence-corrected chi connectivity index (χ4v) is 6.69. The largest absolute Gasteiger partial charge is 0.477 e. The molecule has 2 heterocycles. The number of hydrogen-bond donors (Lipinski definition) is 3. The molecule has 14 heteroatoms. The number of carbonyl (C=O) groups excluding carboxylic acids is 3. The lowest BCUT2D eigenvalue weighted by atomic mass is 9.85. The molecule has 0 bridgehead atoms. The lowest BCUT2D eigenvalue weighted by Crippen LogP contribution is -2.57. The summed E-state index contributed by atoms with van der Waals surface area (Å²) in [5.74, 6) is -2.26. The van der Waals surface area contributed by atoms with Gasteiger partial charge in [-0.05, 0) is 82.1 Å². The van der Waals surface area contributed by atoms with Crippen LogP contribution < -0.4 is 10.0 Å². The Bertz CT molecular complexity index is 1740. The Morgan fingerprint density at radius 1 is 0.875 bits per heavy atom. The average molecular weight is 683 g/mol. The van der Waals surface area contributed by atoms with Crippen LogP contribution in [0.1, 0.15) is 86.1 Å². The Morgan fingerprint density at radius 2 is 1.44 bits per heavy atom. The molecule has 48 heavy (non-hydrogen) atoms. The number of ether oxygens (including phenoxy) is 2. The summed E-state index contributed by atoms with van der Waals surface area (Å²) >= 11 is 0. The number of carboxylic acids is 1. The van der Waals surface area contributed by atoms with Crippen LogP contribution in [0.25, 0.3) is 0 Å². The van der Waals surface area contributed by atoms with E-state index in [2.05, 4.69) is 5.32 Å².